The van der Waals surface area contributed by atoms with E-state index >= 15 is 0 Å². The van der Waals surface area contributed by atoms with Crippen LogP contribution in [0.15, 0.2) is 48.5 Å². The van der Waals surface area contributed by atoms with Gasteiger partial charge in [0.1, 0.15) is 6.61 Å². The van der Waals surface area contributed by atoms with E-state index in [0.29, 0.717) is 13.0 Å². The maximum absolute atomic E-state index is 12.6. The molecule has 0 bridgehead atoms. The second-order valence-electron chi connectivity index (χ2n) is 10.2. The van der Waals surface area contributed by atoms with Crippen molar-refractivity contribution in [2.45, 2.75) is 51.9 Å². The van der Waals surface area contributed by atoms with Gasteiger partial charge in [-0.1, -0.05) is 61.9 Å². The Morgan fingerprint density at radius 3 is 2.14 bits per heavy atom. The van der Waals surface area contributed by atoms with Gasteiger partial charge in [0.25, 0.3) is 0 Å². The Morgan fingerprint density at radius 1 is 1.03 bits per heavy atom. The van der Waals surface area contributed by atoms with Crippen LogP contribution in [0, 0.1) is 10.8 Å². The molecule has 2 amide bonds. The van der Waals surface area contributed by atoms with Crippen LogP contribution in [-0.4, -0.2) is 42.8 Å². The molecule has 0 aliphatic heterocycles. The molecule has 186 valence electrons. The van der Waals surface area contributed by atoms with Crippen LogP contribution < -0.4 is 10.6 Å². The maximum Gasteiger partial charge on any atom is 0.407 e. The molecule has 7 heteroatoms. The molecule has 4 rings (SSSR count). The highest BCUT2D eigenvalue weighted by Gasteiger charge is 2.40. The minimum atomic E-state index is -0.984. The van der Waals surface area contributed by atoms with E-state index in [9.17, 15) is 19.5 Å². The Hall–Kier alpha value is -3.35. The standard InChI is InChI=1S/C28H34N2O5/c1-3-27(2,25(32)33)17-29-24(31)15-28(13-8-14-28)18-30-26(34)35-16-23-21-11-6-4-9-19(21)20-10-5-7-12-22(20)23/h4-7,9-12,23H,3,8,13-18H2,1-2H3,(H,29,31)(H,30,34)(H,32,33). The van der Waals surface area contributed by atoms with Crippen LogP contribution in [0.5, 0.6) is 0 Å². The molecule has 0 radical (unpaired) electrons. The van der Waals surface area contributed by atoms with Gasteiger partial charge in [-0.2, -0.15) is 0 Å². The van der Waals surface area contributed by atoms with E-state index in [4.69, 9.17) is 4.74 Å². The fourth-order valence-corrected chi connectivity index (χ4v) is 5.05. The summed E-state index contributed by atoms with van der Waals surface area (Å²) in [6.45, 7) is 4.13. The number of carboxylic acid groups (broad SMARTS) is 1. The number of hydrogen-bond donors (Lipinski definition) is 3. The molecule has 0 aromatic heterocycles. The van der Waals surface area contributed by atoms with Gasteiger partial charge in [-0.3, -0.25) is 9.59 Å². The number of hydrogen-bond acceptors (Lipinski definition) is 4. The van der Waals surface area contributed by atoms with E-state index in [1.54, 1.807) is 13.8 Å². The van der Waals surface area contributed by atoms with E-state index in [1.807, 2.05) is 24.3 Å². The normalized spacial score (nSPS) is 17.3. The smallest absolute Gasteiger partial charge is 0.407 e. The number of carbonyl (C=O) groups excluding carboxylic acids is 2. The van der Waals surface area contributed by atoms with Gasteiger partial charge in [-0.05, 0) is 53.9 Å². The van der Waals surface area contributed by atoms with Crippen LogP contribution in [0.4, 0.5) is 4.79 Å². The molecule has 0 spiro atoms. The van der Waals surface area contributed by atoms with Gasteiger partial charge in [0.15, 0.2) is 0 Å². The molecule has 0 saturated heterocycles. The van der Waals surface area contributed by atoms with Crippen LogP contribution in [0.3, 0.4) is 0 Å². The van der Waals surface area contributed by atoms with Crippen molar-refractivity contribution in [1.29, 1.82) is 0 Å². The predicted molar refractivity (Wildman–Crippen MR) is 133 cm³/mol. The molecular formula is C28H34N2O5. The van der Waals surface area contributed by atoms with Crippen molar-refractivity contribution < 1.29 is 24.2 Å². The largest absolute Gasteiger partial charge is 0.481 e. The van der Waals surface area contributed by atoms with Crippen LogP contribution in [0.1, 0.15) is 63.0 Å². The summed E-state index contributed by atoms with van der Waals surface area (Å²) >= 11 is 0. The van der Waals surface area contributed by atoms with Gasteiger partial charge in [-0.15, -0.1) is 0 Å². The molecule has 35 heavy (non-hydrogen) atoms. The lowest BCUT2D eigenvalue weighted by atomic mass is 9.66. The lowest BCUT2D eigenvalue weighted by molar-refractivity contribution is -0.148. The lowest BCUT2D eigenvalue weighted by Crippen LogP contribution is -2.47. The first kappa shape index (κ1) is 24.8. The van der Waals surface area contributed by atoms with Crippen molar-refractivity contribution in [3.63, 3.8) is 0 Å². The predicted octanol–water partition coefficient (Wildman–Crippen LogP) is 4.70. The first-order chi connectivity index (χ1) is 16.8. The molecule has 2 aliphatic carbocycles. The molecule has 1 unspecified atom stereocenters. The zero-order valence-electron chi connectivity index (χ0n) is 20.4. The van der Waals surface area contributed by atoms with E-state index < -0.39 is 17.5 Å². The van der Waals surface area contributed by atoms with Crippen molar-refractivity contribution in [2.75, 3.05) is 19.7 Å². The summed E-state index contributed by atoms with van der Waals surface area (Å²) in [5.74, 6) is -1.10. The van der Waals surface area contributed by atoms with Gasteiger partial charge >= 0.3 is 12.1 Å². The van der Waals surface area contributed by atoms with Crippen molar-refractivity contribution in [1.82, 2.24) is 10.6 Å². The average molecular weight is 479 g/mol. The molecule has 1 saturated carbocycles. The van der Waals surface area contributed by atoms with Crippen molar-refractivity contribution in [3.05, 3.63) is 59.7 Å². The summed E-state index contributed by atoms with van der Waals surface area (Å²) in [7, 11) is 0. The highest BCUT2D eigenvalue weighted by molar-refractivity contribution is 5.80. The Bertz CT molecular complexity index is 1060. The quantitative estimate of drug-likeness (QED) is 0.459. The lowest BCUT2D eigenvalue weighted by Gasteiger charge is -2.41. The Balaban J connectivity index is 1.29. The van der Waals surface area contributed by atoms with Crippen LogP contribution >= 0.6 is 0 Å². The molecule has 2 aromatic rings. The Morgan fingerprint density at radius 2 is 1.63 bits per heavy atom. The number of nitrogens with one attached hydrogen (secondary N) is 2. The highest BCUT2D eigenvalue weighted by Crippen LogP contribution is 2.45. The van der Waals surface area contributed by atoms with Gasteiger partial charge in [0.2, 0.25) is 5.91 Å². The minimum Gasteiger partial charge on any atom is -0.481 e. The number of carbonyl (C=O) groups is 3. The zero-order chi connectivity index (χ0) is 25.1. The summed E-state index contributed by atoms with van der Waals surface area (Å²) < 4.78 is 5.63. The third-order valence-electron chi connectivity index (χ3n) is 7.87. The SMILES string of the molecule is CCC(C)(CNC(=O)CC1(CNC(=O)OCC2c3ccccc3-c3ccccc32)CCC1)C(=O)O. The molecule has 2 aliphatic rings. The van der Waals surface area contributed by atoms with Crippen molar-refractivity contribution in [2.24, 2.45) is 10.8 Å². The number of carboxylic acids is 1. The van der Waals surface area contributed by atoms with E-state index in [-0.39, 0.29) is 36.8 Å². The van der Waals surface area contributed by atoms with Crippen molar-refractivity contribution in [3.8, 4) is 11.1 Å². The van der Waals surface area contributed by atoms with Crippen LogP contribution in [0.2, 0.25) is 0 Å². The number of fused-ring (bicyclic) bond motifs is 3. The summed E-state index contributed by atoms with van der Waals surface area (Å²) in [4.78, 5) is 36.6. The van der Waals surface area contributed by atoms with Gasteiger partial charge in [-0.25, -0.2) is 4.79 Å². The van der Waals surface area contributed by atoms with Gasteiger partial charge < -0.3 is 20.5 Å². The molecule has 0 heterocycles. The fourth-order valence-electron chi connectivity index (χ4n) is 5.05. The average Bonchev–Trinajstić information content (AvgIpc) is 3.16. The number of alkyl carbamates (subject to hydrolysis) is 1. The molecule has 7 nitrogen and oxygen atoms in total. The van der Waals surface area contributed by atoms with Crippen molar-refractivity contribution >= 4 is 18.0 Å². The molecule has 2 aromatic carbocycles. The number of amides is 2. The Labute approximate surface area is 206 Å². The second kappa shape index (κ2) is 10.1. The number of aliphatic carboxylic acids is 1. The molecule has 1 atom stereocenters. The fraction of sp³-hybridized carbons (Fsp3) is 0.464. The molecular weight excluding hydrogens is 444 g/mol. The van der Waals surface area contributed by atoms with Crippen LogP contribution in [0.25, 0.3) is 11.1 Å². The molecule has 1 fully saturated rings. The molecule has 3 N–H and O–H groups in total. The van der Waals surface area contributed by atoms with E-state index in [0.717, 1.165) is 30.4 Å². The van der Waals surface area contributed by atoms with E-state index in [2.05, 4.69) is 34.9 Å². The van der Waals surface area contributed by atoms with Gasteiger partial charge in [0, 0.05) is 25.4 Å². The Kier molecular flexibility index (Phi) is 7.15. The number of benzene rings is 2. The summed E-state index contributed by atoms with van der Waals surface area (Å²) in [6, 6.07) is 16.4. The third-order valence-corrected chi connectivity index (χ3v) is 7.87. The maximum atomic E-state index is 12.6. The van der Waals surface area contributed by atoms with E-state index in [1.165, 1.54) is 11.1 Å². The number of ether oxygens (including phenoxy) is 1. The number of rotatable bonds is 10. The second-order valence-corrected chi connectivity index (χ2v) is 10.2. The third kappa shape index (κ3) is 5.19. The first-order valence-corrected chi connectivity index (χ1v) is 12.4. The minimum absolute atomic E-state index is 0.00120. The summed E-state index contributed by atoms with van der Waals surface area (Å²) in [5.41, 5.74) is 3.39. The summed E-state index contributed by atoms with van der Waals surface area (Å²) in [6.07, 6.45) is 2.89. The van der Waals surface area contributed by atoms with Crippen LogP contribution in [-0.2, 0) is 14.3 Å². The highest BCUT2D eigenvalue weighted by atomic mass is 16.5. The monoisotopic (exact) mass is 478 g/mol. The van der Waals surface area contributed by atoms with Gasteiger partial charge in [0.05, 0.1) is 5.41 Å². The summed E-state index contributed by atoms with van der Waals surface area (Å²) in [5, 5.41) is 15.1. The first-order valence-electron chi connectivity index (χ1n) is 12.4. The topological polar surface area (TPSA) is 105 Å². The zero-order valence-corrected chi connectivity index (χ0v) is 20.4.